The first-order valence-corrected chi connectivity index (χ1v) is 9.79. The van der Waals surface area contributed by atoms with Crippen LogP contribution in [0.4, 0.5) is 0 Å². The van der Waals surface area contributed by atoms with Crippen molar-refractivity contribution in [2.45, 2.75) is 13.8 Å². The minimum Gasteiger partial charge on any atom is -0.494 e. The largest absolute Gasteiger partial charge is 0.494 e. The molecule has 0 saturated heterocycles. The van der Waals surface area contributed by atoms with Gasteiger partial charge in [0, 0.05) is 11.1 Å². The Bertz CT molecular complexity index is 1020. The van der Waals surface area contributed by atoms with Crippen molar-refractivity contribution in [2.24, 2.45) is 0 Å². The molecule has 0 saturated carbocycles. The van der Waals surface area contributed by atoms with Crippen LogP contribution in [0.1, 0.15) is 12.5 Å². The number of ether oxygens (including phenoxy) is 1. The van der Waals surface area contributed by atoms with Gasteiger partial charge in [-0.1, -0.05) is 77.6 Å². The molecule has 134 valence electrons. The van der Waals surface area contributed by atoms with Gasteiger partial charge in [0.2, 0.25) is 0 Å². The lowest BCUT2D eigenvalue weighted by atomic mass is 10.0. The first kappa shape index (κ1) is 17.4. The first-order valence-electron chi connectivity index (χ1n) is 8.97. The lowest BCUT2D eigenvalue weighted by molar-refractivity contribution is 0.340. The number of hydrogen-bond donors (Lipinski definition) is 0. The molecule has 0 bridgehead atoms. The SMILES string of the molecule is CCOc1ccc(-c2ccc(-c3nnc(-c4ccc(C)cc4)s3)cc2)cc1. The normalized spacial score (nSPS) is 10.7. The highest BCUT2D eigenvalue weighted by Gasteiger charge is 2.09. The predicted molar refractivity (Wildman–Crippen MR) is 112 cm³/mol. The fourth-order valence-electron chi connectivity index (χ4n) is 2.87. The summed E-state index contributed by atoms with van der Waals surface area (Å²) < 4.78 is 5.51. The van der Waals surface area contributed by atoms with Crippen molar-refractivity contribution in [3.8, 4) is 38.0 Å². The Kier molecular flexibility index (Phi) is 4.99. The first-order chi connectivity index (χ1) is 13.2. The third-order valence-electron chi connectivity index (χ3n) is 4.35. The number of benzene rings is 3. The second-order valence-corrected chi connectivity index (χ2v) is 7.29. The summed E-state index contributed by atoms with van der Waals surface area (Å²) in [6.07, 6.45) is 0. The zero-order valence-electron chi connectivity index (χ0n) is 15.3. The van der Waals surface area contributed by atoms with Gasteiger partial charge in [0.15, 0.2) is 0 Å². The number of aromatic nitrogens is 2. The molecule has 0 aliphatic heterocycles. The molecule has 0 atom stereocenters. The van der Waals surface area contributed by atoms with Gasteiger partial charge in [-0.2, -0.15) is 0 Å². The van der Waals surface area contributed by atoms with Crippen molar-refractivity contribution >= 4 is 11.3 Å². The van der Waals surface area contributed by atoms with Crippen molar-refractivity contribution in [3.05, 3.63) is 78.4 Å². The fourth-order valence-corrected chi connectivity index (χ4v) is 3.72. The zero-order chi connectivity index (χ0) is 18.6. The van der Waals surface area contributed by atoms with Gasteiger partial charge >= 0.3 is 0 Å². The molecule has 0 amide bonds. The van der Waals surface area contributed by atoms with Crippen LogP contribution in [0.3, 0.4) is 0 Å². The van der Waals surface area contributed by atoms with Crippen molar-refractivity contribution in [2.75, 3.05) is 6.61 Å². The van der Waals surface area contributed by atoms with Crippen LogP contribution in [0.2, 0.25) is 0 Å². The topological polar surface area (TPSA) is 35.0 Å². The molecule has 0 aliphatic rings. The van der Waals surface area contributed by atoms with E-state index in [1.165, 1.54) is 16.7 Å². The number of aryl methyl sites for hydroxylation is 1. The van der Waals surface area contributed by atoms with Crippen LogP contribution in [0.15, 0.2) is 72.8 Å². The molecule has 3 aromatic carbocycles. The molecule has 0 unspecified atom stereocenters. The average molecular weight is 372 g/mol. The number of hydrogen-bond acceptors (Lipinski definition) is 4. The maximum Gasteiger partial charge on any atom is 0.148 e. The maximum atomic E-state index is 5.51. The highest BCUT2D eigenvalue weighted by atomic mass is 32.1. The van der Waals surface area contributed by atoms with E-state index >= 15 is 0 Å². The van der Waals surface area contributed by atoms with Crippen molar-refractivity contribution in [3.63, 3.8) is 0 Å². The zero-order valence-corrected chi connectivity index (χ0v) is 16.2. The van der Waals surface area contributed by atoms with Crippen LogP contribution >= 0.6 is 11.3 Å². The fraction of sp³-hybridized carbons (Fsp3) is 0.130. The highest BCUT2D eigenvalue weighted by Crippen LogP contribution is 2.31. The molecule has 0 fully saturated rings. The predicted octanol–water partition coefficient (Wildman–Crippen LogP) is 6.25. The molecule has 0 spiro atoms. The standard InChI is InChI=1S/C23H20N2OS/c1-3-26-21-14-12-18(13-15-21)17-8-10-20(11-9-17)23-25-24-22(27-23)19-6-4-16(2)5-7-19/h4-15H,3H2,1-2H3. The van der Waals surface area contributed by atoms with Gasteiger partial charge in [-0.3, -0.25) is 0 Å². The van der Waals surface area contributed by atoms with E-state index in [0.717, 1.165) is 26.9 Å². The van der Waals surface area contributed by atoms with E-state index in [0.29, 0.717) is 6.61 Å². The summed E-state index contributed by atoms with van der Waals surface area (Å²) in [6, 6.07) is 25.0. The summed E-state index contributed by atoms with van der Waals surface area (Å²) >= 11 is 1.62. The van der Waals surface area contributed by atoms with Gasteiger partial charge in [-0.15, -0.1) is 10.2 Å². The van der Waals surface area contributed by atoms with Gasteiger partial charge in [0.1, 0.15) is 15.8 Å². The Morgan fingerprint density at radius 1 is 0.667 bits per heavy atom. The second kappa shape index (κ2) is 7.72. The van der Waals surface area contributed by atoms with Gasteiger partial charge < -0.3 is 4.74 Å². The lowest BCUT2D eigenvalue weighted by Crippen LogP contribution is -1.90. The summed E-state index contributed by atoms with van der Waals surface area (Å²) in [5.41, 5.74) is 5.77. The monoisotopic (exact) mass is 372 g/mol. The Balaban J connectivity index is 1.54. The second-order valence-electron chi connectivity index (χ2n) is 6.31. The van der Waals surface area contributed by atoms with E-state index in [1.54, 1.807) is 11.3 Å². The van der Waals surface area contributed by atoms with Gasteiger partial charge in [0.05, 0.1) is 6.61 Å². The quantitative estimate of drug-likeness (QED) is 0.415. The smallest absolute Gasteiger partial charge is 0.148 e. The van der Waals surface area contributed by atoms with Crippen molar-refractivity contribution in [1.29, 1.82) is 0 Å². The Morgan fingerprint density at radius 2 is 1.11 bits per heavy atom. The van der Waals surface area contributed by atoms with E-state index in [2.05, 4.69) is 77.8 Å². The van der Waals surface area contributed by atoms with Crippen LogP contribution < -0.4 is 4.74 Å². The molecule has 0 radical (unpaired) electrons. The summed E-state index contributed by atoms with van der Waals surface area (Å²) in [5.74, 6) is 0.898. The third kappa shape index (κ3) is 3.91. The molecule has 4 rings (SSSR count). The molecule has 1 heterocycles. The van der Waals surface area contributed by atoms with Crippen LogP contribution in [0.5, 0.6) is 5.75 Å². The molecular weight excluding hydrogens is 352 g/mol. The van der Waals surface area contributed by atoms with Crippen LogP contribution in [0, 0.1) is 6.92 Å². The number of nitrogens with zero attached hydrogens (tertiary/aromatic N) is 2. The summed E-state index contributed by atoms with van der Waals surface area (Å²) in [7, 11) is 0. The lowest BCUT2D eigenvalue weighted by Gasteiger charge is -2.06. The van der Waals surface area contributed by atoms with E-state index in [9.17, 15) is 0 Å². The van der Waals surface area contributed by atoms with E-state index in [4.69, 9.17) is 4.74 Å². The molecule has 3 nitrogen and oxygen atoms in total. The molecule has 0 N–H and O–H groups in total. The molecule has 4 heteroatoms. The molecule has 0 aliphatic carbocycles. The summed E-state index contributed by atoms with van der Waals surface area (Å²) in [5, 5.41) is 10.6. The Morgan fingerprint density at radius 3 is 1.63 bits per heavy atom. The minimum absolute atomic E-state index is 0.681. The molecular formula is C23H20N2OS. The van der Waals surface area contributed by atoms with Crippen molar-refractivity contribution in [1.82, 2.24) is 10.2 Å². The van der Waals surface area contributed by atoms with Gasteiger partial charge in [-0.05, 0) is 37.1 Å². The van der Waals surface area contributed by atoms with E-state index in [1.807, 2.05) is 19.1 Å². The molecule has 1 aromatic heterocycles. The van der Waals surface area contributed by atoms with Crippen molar-refractivity contribution < 1.29 is 4.74 Å². The van der Waals surface area contributed by atoms with Gasteiger partial charge in [0.25, 0.3) is 0 Å². The summed E-state index contributed by atoms with van der Waals surface area (Å²) in [4.78, 5) is 0. The highest BCUT2D eigenvalue weighted by molar-refractivity contribution is 7.17. The van der Waals surface area contributed by atoms with Crippen LogP contribution in [-0.4, -0.2) is 16.8 Å². The van der Waals surface area contributed by atoms with Crippen LogP contribution in [0.25, 0.3) is 32.3 Å². The maximum absolute atomic E-state index is 5.51. The molecule has 27 heavy (non-hydrogen) atoms. The van der Waals surface area contributed by atoms with E-state index < -0.39 is 0 Å². The summed E-state index contributed by atoms with van der Waals surface area (Å²) in [6.45, 7) is 4.76. The average Bonchev–Trinajstić information content (AvgIpc) is 3.20. The third-order valence-corrected chi connectivity index (χ3v) is 5.38. The minimum atomic E-state index is 0.681. The van der Waals surface area contributed by atoms with Gasteiger partial charge in [-0.25, -0.2) is 0 Å². The Labute approximate surface area is 163 Å². The van der Waals surface area contributed by atoms with Crippen LogP contribution in [-0.2, 0) is 0 Å². The number of rotatable bonds is 5. The molecule has 4 aromatic rings. The Hall–Kier alpha value is -2.98. The van der Waals surface area contributed by atoms with E-state index in [-0.39, 0.29) is 0 Å².